The lowest BCUT2D eigenvalue weighted by Gasteiger charge is -1.97. The van der Waals surface area contributed by atoms with E-state index in [1.165, 1.54) is 11.8 Å². The van der Waals surface area contributed by atoms with Gasteiger partial charge >= 0.3 is 0 Å². The number of hydrogen-bond donors (Lipinski definition) is 0. The van der Waals surface area contributed by atoms with E-state index in [-0.39, 0.29) is 5.43 Å². The minimum Gasteiger partial charge on any atom is -0.289 e. The second-order valence-electron chi connectivity index (χ2n) is 3.05. The zero-order valence-corrected chi connectivity index (χ0v) is 8.91. The average Bonchev–Trinajstić information content (AvgIpc) is 2.46. The van der Waals surface area contributed by atoms with E-state index in [1.807, 2.05) is 48.5 Å². The minimum absolute atomic E-state index is 0.0638. The Morgan fingerprint density at radius 3 is 2.07 bits per heavy atom. The molecule has 0 amide bonds. The van der Waals surface area contributed by atoms with Gasteiger partial charge in [-0.1, -0.05) is 48.2 Å². The Hall–Kier alpha value is -1.54. The molecule has 0 aliphatic carbocycles. The molecule has 0 heterocycles. The molecule has 2 aromatic rings. The number of benzene rings is 1. The topological polar surface area (TPSA) is 17.1 Å². The molecule has 0 aliphatic heterocycles. The Balaban J connectivity index is 2.34. The Morgan fingerprint density at radius 1 is 0.733 bits per heavy atom. The van der Waals surface area contributed by atoms with Gasteiger partial charge < -0.3 is 0 Å². The largest absolute Gasteiger partial charge is 0.289 e. The van der Waals surface area contributed by atoms with E-state index in [0.29, 0.717) is 0 Å². The van der Waals surface area contributed by atoms with Crippen molar-refractivity contribution in [1.82, 2.24) is 0 Å². The van der Waals surface area contributed by atoms with Crippen molar-refractivity contribution in [1.29, 1.82) is 0 Å². The minimum atomic E-state index is 0.0638. The fraction of sp³-hybridized carbons (Fsp3) is 0. The van der Waals surface area contributed by atoms with Crippen molar-refractivity contribution >= 4 is 11.8 Å². The molecule has 0 fully saturated rings. The van der Waals surface area contributed by atoms with Crippen LogP contribution in [0.25, 0.3) is 0 Å². The van der Waals surface area contributed by atoms with Gasteiger partial charge in [-0.25, -0.2) is 0 Å². The monoisotopic (exact) mass is 214 g/mol. The zero-order valence-electron chi connectivity index (χ0n) is 8.09. The van der Waals surface area contributed by atoms with Crippen molar-refractivity contribution in [2.45, 2.75) is 9.79 Å². The first-order valence-electron chi connectivity index (χ1n) is 4.68. The molecule has 0 radical (unpaired) electrons. The van der Waals surface area contributed by atoms with Crippen LogP contribution >= 0.6 is 11.8 Å². The van der Waals surface area contributed by atoms with Crippen LogP contribution in [0.3, 0.4) is 0 Å². The van der Waals surface area contributed by atoms with Gasteiger partial charge in [0, 0.05) is 4.90 Å². The van der Waals surface area contributed by atoms with E-state index in [2.05, 4.69) is 0 Å². The van der Waals surface area contributed by atoms with Gasteiger partial charge in [-0.15, -0.1) is 0 Å². The molecule has 0 saturated carbocycles. The maximum Gasteiger partial charge on any atom is 0.192 e. The van der Waals surface area contributed by atoms with E-state index in [4.69, 9.17) is 0 Å². The van der Waals surface area contributed by atoms with Crippen LogP contribution in [-0.4, -0.2) is 0 Å². The van der Waals surface area contributed by atoms with Gasteiger partial charge in [0.15, 0.2) is 5.43 Å². The summed E-state index contributed by atoms with van der Waals surface area (Å²) in [5.41, 5.74) is 0.0638. The van der Waals surface area contributed by atoms with Crippen molar-refractivity contribution in [3.8, 4) is 0 Å². The third-order valence-electron chi connectivity index (χ3n) is 1.93. The third kappa shape index (κ3) is 2.70. The lowest BCUT2D eigenvalue weighted by Crippen LogP contribution is -1.96. The summed E-state index contributed by atoms with van der Waals surface area (Å²) in [6, 6.07) is 18.8. The van der Waals surface area contributed by atoms with Gasteiger partial charge in [0.1, 0.15) is 0 Å². The van der Waals surface area contributed by atoms with Crippen molar-refractivity contribution in [2.75, 3.05) is 0 Å². The molecule has 0 aromatic heterocycles. The van der Waals surface area contributed by atoms with Gasteiger partial charge in [-0.3, -0.25) is 4.79 Å². The lowest BCUT2D eigenvalue weighted by atomic mass is 10.4. The summed E-state index contributed by atoms with van der Waals surface area (Å²) >= 11 is 1.50. The van der Waals surface area contributed by atoms with Gasteiger partial charge in [0.2, 0.25) is 0 Å². The Morgan fingerprint density at radius 2 is 1.33 bits per heavy atom. The molecule has 74 valence electrons. The van der Waals surface area contributed by atoms with Gasteiger partial charge in [0.25, 0.3) is 0 Å². The molecule has 2 aromatic carbocycles. The predicted molar refractivity (Wildman–Crippen MR) is 63.3 cm³/mol. The van der Waals surface area contributed by atoms with Crippen LogP contribution in [0, 0.1) is 0 Å². The number of hydrogen-bond acceptors (Lipinski definition) is 2. The first-order valence-corrected chi connectivity index (χ1v) is 5.50. The van der Waals surface area contributed by atoms with Gasteiger partial charge in [-0.2, -0.15) is 0 Å². The highest BCUT2D eigenvalue weighted by Gasteiger charge is 1.98. The molecule has 2 heteroatoms. The molecule has 15 heavy (non-hydrogen) atoms. The smallest absolute Gasteiger partial charge is 0.192 e. The average molecular weight is 214 g/mol. The second kappa shape index (κ2) is 4.80. The van der Waals surface area contributed by atoms with Crippen molar-refractivity contribution in [3.63, 3.8) is 0 Å². The summed E-state index contributed by atoms with van der Waals surface area (Å²) in [6.07, 6.45) is 0. The van der Waals surface area contributed by atoms with E-state index in [9.17, 15) is 4.79 Å². The summed E-state index contributed by atoms with van der Waals surface area (Å²) in [4.78, 5) is 13.4. The van der Waals surface area contributed by atoms with Crippen LogP contribution in [0.1, 0.15) is 0 Å². The molecule has 0 N–H and O–H groups in total. The summed E-state index contributed by atoms with van der Waals surface area (Å²) in [5.74, 6) is 0. The van der Waals surface area contributed by atoms with Crippen LogP contribution in [0.5, 0.6) is 0 Å². The van der Waals surface area contributed by atoms with Crippen LogP contribution in [0.4, 0.5) is 0 Å². The van der Waals surface area contributed by atoms with E-state index < -0.39 is 0 Å². The van der Waals surface area contributed by atoms with Crippen LogP contribution in [0.2, 0.25) is 0 Å². The van der Waals surface area contributed by atoms with Gasteiger partial charge in [-0.05, 0) is 24.3 Å². The Labute approximate surface area is 92.8 Å². The molecule has 0 bridgehead atoms. The van der Waals surface area contributed by atoms with Gasteiger partial charge in [0.05, 0.1) is 4.90 Å². The van der Waals surface area contributed by atoms with Crippen molar-refractivity contribution in [2.24, 2.45) is 0 Å². The normalized spacial score (nSPS) is 9.87. The highest BCUT2D eigenvalue weighted by atomic mass is 32.2. The summed E-state index contributed by atoms with van der Waals surface area (Å²) in [7, 11) is 0. The molecule has 0 unspecified atom stereocenters. The molecular weight excluding hydrogens is 204 g/mol. The maximum atomic E-state index is 11.6. The van der Waals surface area contributed by atoms with Crippen LogP contribution < -0.4 is 5.43 Å². The zero-order chi connectivity index (χ0) is 10.5. The molecule has 1 nitrogen and oxygen atoms in total. The van der Waals surface area contributed by atoms with Crippen molar-refractivity contribution in [3.05, 3.63) is 70.9 Å². The molecule has 2 rings (SSSR count). The quantitative estimate of drug-likeness (QED) is 0.763. The van der Waals surface area contributed by atoms with E-state index >= 15 is 0 Å². The summed E-state index contributed by atoms with van der Waals surface area (Å²) in [6.45, 7) is 0. The summed E-state index contributed by atoms with van der Waals surface area (Å²) < 4.78 is 0. The Kier molecular flexibility index (Phi) is 3.20. The predicted octanol–water partition coefficient (Wildman–Crippen LogP) is 3.20. The Bertz CT molecular complexity index is 494. The summed E-state index contributed by atoms with van der Waals surface area (Å²) in [5, 5.41) is 0. The molecular formula is C13H10OS. The second-order valence-corrected chi connectivity index (χ2v) is 4.17. The first-order chi connectivity index (χ1) is 7.36. The fourth-order valence-corrected chi connectivity index (χ4v) is 2.08. The SMILES string of the molecule is O=c1cccccc1Sc1ccccc1. The van der Waals surface area contributed by atoms with Crippen LogP contribution in [0.15, 0.2) is 75.2 Å². The molecule has 0 aliphatic rings. The van der Waals surface area contributed by atoms with Crippen LogP contribution in [-0.2, 0) is 0 Å². The van der Waals surface area contributed by atoms with E-state index in [0.717, 1.165) is 9.79 Å². The standard InChI is InChI=1S/C13H10OS/c14-12-9-5-2-6-10-13(12)15-11-7-3-1-4-8-11/h1-10H. The number of rotatable bonds is 2. The first kappa shape index (κ1) is 9.99. The lowest BCUT2D eigenvalue weighted by molar-refractivity contribution is 1.37. The highest BCUT2D eigenvalue weighted by molar-refractivity contribution is 7.99. The van der Waals surface area contributed by atoms with E-state index in [1.54, 1.807) is 12.1 Å². The van der Waals surface area contributed by atoms with Crippen molar-refractivity contribution < 1.29 is 0 Å². The fourth-order valence-electron chi connectivity index (χ4n) is 1.21. The molecule has 0 atom stereocenters. The highest BCUT2D eigenvalue weighted by Crippen LogP contribution is 2.23. The molecule has 0 spiro atoms. The third-order valence-corrected chi connectivity index (χ3v) is 3.00. The molecule has 0 saturated heterocycles. The maximum absolute atomic E-state index is 11.6.